The molecule has 2 aliphatic rings. The van der Waals surface area contributed by atoms with Crippen molar-refractivity contribution < 1.29 is 9.59 Å². The Bertz CT molecular complexity index is 599. The molecule has 2 heterocycles. The van der Waals surface area contributed by atoms with Crippen molar-refractivity contribution in [3.8, 4) is 0 Å². The highest BCUT2D eigenvalue weighted by Gasteiger charge is 2.27. The third-order valence-corrected chi connectivity index (χ3v) is 5.81. The van der Waals surface area contributed by atoms with Crippen LogP contribution in [0.25, 0.3) is 0 Å². The van der Waals surface area contributed by atoms with E-state index in [-0.39, 0.29) is 17.9 Å². The highest BCUT2D eigenvalue weighted by atomic mass is 16.2. The monoisotopic (exact) mass is 357 g/mol. The fourth-order valence-electron chi connectivity index (χ4n) is 4.16. The van der Waals surface area contributed by atoms with Crippen LogP contribution in [0.1, 0.15) is 50.6 Å². The van der Waals surface area contributed by atoms with Crippen molar-refractivity contribution in [2.24, 2.45) is 11.8 Å². The Morgan fingerprint density at radius 2 is 2.00 bits per heavy atom. The van der Waals surface area contributed by atoms with E-state index in [2.05, 4.69) is 17.6 Å². The molecule has 2 amide bonds. The molecule has 1 aromatic rings. The van der Waals surface area contributed by atoms with Crippen LogP contribution in [0, 0.1) is 11.8 Å². The van der Waals surface area contributed by atoms with Crippen LogP contribution in [0.5, 0.6) is 0 Å². The summed E-state index contributed by atoms with van der Waals surface area (Å²) in [5.74, 6) is 1.30. The van der Waals surface area contributed by atoms with Gasteiger partial charge < -0.3 is 15.5 Å². The number of hydrogen-bond donors (Lipinski definition) is 2. The lowest BCUT2D eigenvalue weighted by molar-refractivity contribution is -0.129. The van der Waals surface area contributed by atoms with Crippen molar-refractivity contribution >= 4 is 11.8 Å². The molecule has 2 saturated heterocycles. The van der Waals surface area contributed by atoms with Crippen LogP contribution >= 0.6 is 0 Å². The number of nitrogens with zero attached hydrogens (tertiary/aromatic N) is 1. The van der Waals surface area contributed by atoms with Gasteiger partial charge in [0, 0.05) is 25.9 Å². The van der Waals surface area contributed by atoms with E-state index in [1.54, 1.807) is 0 Å². The molecule has 3 rings (SSSR count). The number of amides is 2. The van der Waals surface area contributed by atoms with Gasteiger partial charge in [0.25, 0.3) is 0 Å². The summed E-state index contributed by atoms with van der Waals surface area (Å²) in [6.45, 7) is 5.66. The third kappa shape index (κ3) is 5.07. The van der Waals surface area contributed by atoms with E-state index in [9.17, 15) is 9.59 Å². The van der Waals surface area contributed by atoms with Crippen LogP contribution in [-0.4, -0.2) is 42.9 Å². The first-order chi connectivity index (χ1) is 12.6. The molecule has 2 aliphatic heterocycles. The fourth-order valence-corrected chi connectivity index (χ4v) is 4.16. The van der Waals surface area contributed by atoms with E-state index < -0.39 is 0 Å². The predicted octanol–water partition coefficient (Wildman–Crippen LogP) is 2.49. The molecule has 26 heavy (non-hydrogen) atoms. The van der Waals surface area contributed by atoms with E-state index in [1.165, 1.54) is 0 Å². The maximum atomic E-state index is 12.7. The third-order valence-electron chi connectivity index (χ3n) is 5.81. The van der Waals surface area contributed by atoms with E-state index in [4.69, 9.17) is 0 Å². The average Bonchev–Trinajstić information content (AvgIpc) is 3.07. The Hall–Kier alpha value is -1.88. The molecular formula is C21H31N3O2. The van der Waals surface area contributed by atoms with Crippen LogP contribution in [0.4, 0.5) is 0 Å². The Balaban J connectivity index is 1.60. The minimum Gasteiger partial charge on any atom is -0.347 e. The predicted molar refractivity (Wildman–Crippen MR) is 103 cm³/mol. The van der Waals surface area contributed by atoms with E-state index in [0.29, 0.717) is 31.2 Å². The maximum Gasteiger partial charge on any atom is 0.222 e. The Kier molecular flexibility index (Phi) is 6.67. The molecule has 2 fully saturated rings. The van der Waals surface area contributed by atoms with E-state index >= 15 is 0 Å². The highest BCUT2D eigenvalue weighted by Crippen LogP contribution is 2.25. The summed E-state index contributed by atoms with van der Waals surface area (Å²) < 4.78 is 0. The van der Waals surface area contributed by atoms with Crippen molar-refractivity contribution in [2.75, 3.05) is 26.2 Å². The van der Waals surface area contributed by atoms with Gasteiger partial charge in [-0.15, -0.1) is 0 Å². The first-order valence-corrected chi connectivity index (χ1v) is 9.96. The second kappa shape index (κ2) is 9.17. The summed E-state index contributed by atoms with van der Waals surface area (Å²) in [5, 5.41) is 6.59. The lowest BCUT2D eigenvalue weighted by Gasteiger charge is -2.29. The summed E-state index contributed by atoms with van der Waals surface area (Å²) in [6.07, 6.45) is 4.41. The van der Waals surface area contributed by atoms with Gasteiger partial charge in [-0.25, -0.2) is 0 Å². The molecule has 0 spiro atoms. The standard InChI is InChI=1S/C21H31N3O2/c1-16(17-9-11-22-12-10-17)14-20(25)23-19(18-6-3-2-4-7-18)15-24-13-5-8-21(24)26/h2-4,6-7,16-17,19,22H,5,8-15H2,1H3,(H,23,25). The van der Waals surface area contributed by atoms with Gasteiger partial charge in [-0.05, 0) is 49.8 Å². The molecule has 2 N–H and O–H groups in total. The van der Waals surface area contributed by atoms with Gasteiger partial charge in [0.05, 0.1) is 6.04 Å². The Morgan fingerprint density at radius 3 is 2.65 bits per heavy atom. The molecular weight excluding hydrogens is 326 g/mol. The topological polar surface area (TPSA) is 61.4 Å². The molecule has 5 nitrogen and oxygen atoms in total. The molecule has 142 valence electrons. The summed E-state index contributed by atoms with van der Waals surface area (Å²) in [7, 11) is 0. The number of nitrogens with one attached hydrogen (secondary N) is 2. The molecule has 2 unspecified atom stereocenters. The Morgan fingerprint density at radius 1 is 1.27 bits per heavy atom. The molecule has 2 atom stereocenters. The van der Waals surface area contributed by atoms with Crippen LogP contribution in [0.3, 0.4) is 0 Å². The SMILES string of the molecule is CC(CC(=O)NC(CN1CCCC1=O)c1ccccc1)C1CCNCC1. The van der Waals surface area contributed by atoms with Gasteiger partial charge in [-0.2, -0.15) is 0 Å². The smallest absolute Gasteiger partial charge is 0.222 e. The number of rotatable bonds is 7. The average molecular weight is 357 g/mol. The van der Waals surface area contributed by atoms with Crippen LogP contribution in [-0.2, 0) is 9.59 Å². The van der Waals surface area contributed by atoms with Crippen molar-refractivity contribution in [3.05, 3.63) is 35.9 Å². The van der Waals surface area contributed by atoms with Crippen LogP contribution in [0.2, 0.25) is 0 Å². The number of benzene rings is 1. The van der Waals surface area contributed by atoms with Crippen molar-refractivity contribution in [3.63, 3.8) is 0 Å². The fraction of sp³-hybridized carbons (Fsp3) is 0.619. The van der Waals surface area contributed by atoms with Gasteiger partial charge in [-0.1, -0.05) is 37.3 Å². The quantitative estimate of drug-likeness (QED) is 0.788. The number of carbonyl (C=O) groups excluding carboxylic acids is 2. The second-order valence-corrected chi connectivity index (χ2v) is 7.74. The summed E-state index contributed by atoms with van der Waals surface area (Å²) in [6, 6.07) is 9.87. The number of piperidine rings is 1. The van der Waals surface area contributed by atoms with Crippen LogP contribution in [0.15, 0.2) is 30.3 Å². The number of carbonyl (C=O) groups is 2. The van der Waals surface area contributed by atoms with Crippen LogP contribution < -0.4 is 10.6 Å². The van der Waals surface area contributed by atoms with Crippen molar-refractivity contribution in [2.45, 2.75) is 45.1 Å². The summed E-state index contributed by atoms with van der Waals surface area (Å²) >= 11 is 0. The molecule has 0 radical (unpaired) electrons. The molecule has 0 saturated carbocycles. The van der Waals surface area contributed by atoms with Gasteiger partial charge in [0.1, 0.15) is 0 Å². The molecule has 0 aromatic heterocycles. The molecule has 1 aromatic carbocycles. The van der Waals surface area contributed by atoms with E-state index in [1.807, 2.05) is 35.2 Å². The summed E-state index contributed by atoms with van der Waals surface area (Å²) in [4.78, 5) is 26.6. The first kappa shape index (κ1) is 18.9. The zero-order valence-corrected chi connectivity index (χ0v) is 15.7. The number of hydrogen-bond acceptors (Lipinski definition) is 3. The van der Waals surface area contributed by atoms with E-state index in [0.717, 1.165) is 44.5 Å². The van der Waals surface area contributed by atoms with Gasteiger partial charge >= 0.3 is 0 Å². The lowest BCUT2D eigenvalue weighted by atomic mass is 9.84. The Labute approximate surface area is 156 Å². The van der Waals surface area contributed by atoms with Crippen molar-refractivity contribution in [1.82, 2.24) is 15.5 Å². The molecule has 0 bridgehead atoms. The largest absolute Gasteiger partial charge is 0.347 e. The first-order valence-electron chi connectivity index (χ1n) is 9.96. The molecule has 0 aliphatic carbocycles. The van der Waals surface area contributed by atoms with Crippen molar-refractivity contribution in [1.29, 1.82) is 0 Å². The minimum absolute atomic E-state index is 0.0940. The van der Waals surface area contributed by atoms with Gasteiger partial charge in [-0.3, -0.25) is 9.59 Å². The van der Waals surface area contributed by atoms with Gasteiger partial charge in [0.15, 0.2) is 0 Å². The van der Waals surface area contributed by atoms with Gasteiger partial charge in [0.2, 0.25) is 11.8 Å². The second-order valence-electron chi connectivity index (χ2n) is 7.74. The maximum absolute atomic E-state index is 12.7. The zero-order valence-electron chi connectivity index (χ0n) is 15.7. The normalized spacial score (nSPS) is 20.8. The molecule has 5 heteroatoms. The number of likely N-dealkylation sites (tertiary alicyclic amines) is 1. The zero-order chi connectivity index (χ0) is 18.4. The minimum atomic E-state index is -0.133. The summed E-state index contributed by atoms with van der Waals surface area (Å²) in [5.41, 5.74) is 1.06. The highest BCUT2D eigenvalue weighted by molar-refractivity contribution is 5.79. The lowest BCUT2D eigenvalue weighted by Crippen LogP contribution is -2.39.